The van der Waals surface area contributed by atoms with E-state index in [0.717, 1.165) is 26.4 Å². The summed E-state index contributed by atoms with van der Waals surface area (Å²) < 4.78 is 64.2. The van der Waals surface area contributed by atoms with Gasteiger partial charge in [-0.2, -0.15) is 13.2 Å². The second kappa shape index (κ2) is 14.6. The average molecular weight is 537 g/mol. The molecular formula is C30H39F3O5. The first-order chi connectivity index (χ1) is 18.0. The van der Waals surface area contributed by atoms with Crippen LogP contribution in [0.25, 0.3) is 0 Å². The largest absolute Gasteiger partial charge is 0.446 e. The third-order valence-electron chi connectivity index (χ3n) is 6.36. The van der Waals surface area contributed by atoms with Gasteiger partial charge in [-0.3, -0.25) is 0 Å². The van der Waals surface area contributed by atoms with Crippen molar-refractivity contribution in [2.24, 2.45) is 0 Å². The van der Waals surface area contributed by atoms with Gasteiger partial charge in [-0.15, -0.1) is 0 Å². The van der Waals surface area contributed by atoms with Crippen LogP contribution in [0.1, 0.15) is 84.6 Å². The van der Waals surface area contributed by atoms with Crippen molar-refractivity contribution in [1.82, 2.24) is 0 Å². The maximum absolute atomic E-state index is 14.1. The Bertz CT molecular complexity index is 1000. The summed E-state index contributed by atoms with van der Waals surface area (Å²) >= 11 is 0. The first kappa shape index (κ1) is 31.7. The molecule has 0 bridgehead atoms. The van der Waals surface area contributed by atoms with E-state index in [9.17, 15) is 18.0 Å². The van der Waals surface area contributed by atoms with Crippen molar-refractivity contribution in [2.75, 3.05) is 7.11 Å². The summed E-state index contributed by atoms with van der Waals surface area (Å²) in [5.41, 5.74) is -3.63. The topological polar surface area (TPSA) is 54.0 Å². The molecule has 1 aromatic rings. The number of ether oxygens (including phenoxy) is 4. The fraction of sp³-hybridized carbons (Fsp3) is 0.633. The molecule has 38 heavy (non-hydrogen) atoms. The van der Waals surface area contributed by atoms with Gasteiger partial charge in [0.25, 0.3) is 5.60 Å². The van der Waals surface area contributed by atoms with Crippen LogP contribution < -0.4 is 0 Å². The number of alkyl halides is 3. The smallest absolute Gasteiger partial charge is 0.432 e. The van der Waals surface area contributed by atoms with Gasteiger partial charge in [0.2, 0.25) is 0 Å². The summed E-state index contributed by atoms with van der Waals surface area (Å²) in [6, 6.07) is 6.68. The summed E-state index contributed by atoms with van der Waals surface area (Å²) in [7, 11) is 0.828. The molecule has 1 fully saturated rings. The minimum Gasteiger partial charge on any atom is -0.446 e. The lowest BCUT2D eigenvalue weighted by Crippen LogP contribution is -2.52. The van der Waals surface area contributed by atoms with Gasteiger partial charge in [-0.1, -0.05) is 82.2 Å². The van der Waals surface area contributed by atoms with Crippen molar-refractivity contribution in [3.8, 4) is 23.7 Å². The summed E-state index contributed by atoms with van der Waals surface area (Å²) in [6.45, 7) is 7.59. The second-order valence-corrected chi connectivity index (χ2v) is 9.74. The van der Waals surface area contributed by atoms with Crippen LogP contribution in [-0.2, 0) is 29.3 Å². The molecule has 1 heterocycles. The molecule has 1 aliphatic rings. The van der Waals surface area contributed by atoms with Gasteiger partial charge in [0, 0.05) is 19.1 Å². The van der Waals surface area contributed by atoms with Crippen LogP contribution in [0.15, 0.2) is 30.3 Å². The van der Waals surface area contributed by atoms with Gasteiger partial charge in [0.15, 0.2) is 11.9 Å². The molecule has 210 valence electrons. The minimum atomic E-state index is -5.05. The van der Waals surface area contributed by atoms with Crippen molar-refractivity contribution in [3.63, 3.8) is 0 Å². The SMILES string of the molecule is CCCCCCC[C@H]1OC(C)(C)O[C@@H]1CC#CC#C[C@H](CC)OC(=O)[C@@](OC)(c1ccccc1)C(F)(F)F. The van der Waals surface area contributed by atoms with E-state index in [1.165, 1.54) is 43.5 Å². The van der Waals surface area contributed by atoms with Gasteiger partial charge >= 0.3 is 12.1 Å². The Morgan fingerprint density at radius 1 is 1.03 bits per heavy atom. The van der Waals surface area contributed by atoms with E-state index in [4.69, 9.17) is 18.9 Å². The number of carbonyl (C=O) groups is 1. The van der Waals surface area contributed by atoms with Crippen molar-refractivity contribution in [1.29, 1.82) is 0 Å². The lowest BCUT2D eigenvalue weighted by molar-refractivity contribution is -0.277. The first-order valence-electron chi connectivity index (χ1n) is 13.2. The quantitative estimate of drug-likeness (QED) is 0.169. The Hall–Kier alpha value is -2.52. The Morgan fingerprint density at radius 3 is 2.29 bits per heavy atom. The lowest BCUT2D eigenvalue weighted by Gasteiger charge is -2.33. The molecule has 5 nitrogen and oxygen atoms in total. The highest BCUT2D eigenvalue weighted by atomic mass is 19.4. The molecule has 0 unspecified atom stereocenters. The molecule has 4 atom stereocenters. The monoisotopic (exact) mass is 536 g/mol. The van der Waals surface area contributed by atoms with Crippen molar-refractivity contribution in [3.05, 3.63) is 35.9 Å². The molecule has 0 amide bonds. The molecule has 8 heteroatoms. The van der Waals surface area contributed by atoms with Crippen LogP contribution in [0.2, 0.25) is 0 Å². The molecule has 0 N–H and O–H groups in total. The normalized spacial score (nSPS) is 20.8. The number of methoxy groups -OCH3 is 1. The summed E-state index contributed by atoms with van der Waals surface area (Å²) in [6.07, 6.45) is 0.931. The Balaban J connectivity index is 2.04. The molecule has 1 saturated heterocycles. The maximum atomic E-state index is 14.1. The number of carbonyl (C=O) groups excluding carboxylic acids is 1. The molecule has 1 aromatic carbocycles. The van der Waals surface area contributed by atoms with Crippen LogP contribution in [0.5, 0.6) is 0 Å². The van der Waals surface area contributed by atoms with E-state index in [0.29, 0.717) is 6.42 Å². The third kappa shape index (κ3) is 8.50. The average Bonchev–Trinajstić information content (AvgIpc) is 3.16. The number of halogens is 3. The number of hydrogen-bond acceptors (Lipinski definition) is 5. The lowest BCUT2D eigenvalue weighted by atomic mass is 9.92. The first-order valence-corrected chi connectivity index (χ1v) is 13.2. The van der Waals surface area contributed by atoms with Gasteiger partial charge in [-0.05, 0) is 44.5 Å². The Morgan fingerprint density at radius 2 is 1.68 bits per heavy atom. The van der Waals surface area contributed by atoms with E-state index in [1.807, 2.05) is 13.8 Å². The van der Waals surface area contributed by atoms with Crippen LogP contribution in [0.3, 0.4) is 0 Å². The van der Waals surface area contributed by atoms with Gasteiger partial charge in [0.05, 0.1) is 12.2 Å². The van der Waals surface area contributed by atoms with Gasteiger partial charge in [-0.25, -0.2) is 4.79 Å². The number of unbranched alkanes of at least 4 members (excludes halogenated alkanes) is 4. The van der Waals surface area contributed by atoms with Crippen molar-refractivity contribution < 1.29 is 36.9 Å². The van der Waals surface area contributed by atoms with E-state index >= 15 is 0 Å². The zero-order valence-corrected chi connectivity index (χ0v) is 23.0. The molecule has 0 aliphatic carbocycles. The van der Waals surface area contributed by atoms with E-state index in [1.54, 1.807) is 13.0 Å². The molecule has 0 radical (unpaired) electrons. The van der Waals surface area contributed by atoms with E-state index in [2.05, 4.69) is 30.6 Å². The van der Waals surface area contributed by atoms with Crippen molar-refractivity contribution >= 4 is 5.97 Å². The standard InChI is InChI=1S/C30H39F3O5/c1-6-8-9-10-16-21-25-26(38-28(3,4)37-25)22-17-12-15-20-24(7-2)36-27(34)29(35-5,30(31,32)33)23-18-13-11-14-19-23/h11,13-14,18-19,24-26H,6-10,16,21-22H2,1-5H3/t24-,25+,26+,29-/m0/s1. The van der Waals surface area contributed by atoms with Gasteiger partial charge < -0.3 is 18.9 Å². The number of hydrogen-bond donors (Lipinski definition) is 0. The third-order valence-corrected chi connectivity index (χ3v) is 6.36. The molecular weight excluding hydrogens is 497 g/mol. The number of rotatable bonds is 12. The molecule has 0 spiro atoms. The zero-order valence-electron chi connectivity index (χ0n) is 23.0. The van der Waals surface area contributed by atoms with Crippen LogP contribution in [-0.4, -0.2) is 43.4 Å². The van der Waals surface area contributed by atoms with Gasteiger partial charge in [0.1, 0.15) is 0 Å². The highest BCUT2D eigenvalue weighted by molar-refractivity contribution is 5.83. The van der Waals surface area contributed by atoms with Crippen LogP contribution in [0, 0.1) is 23.7 Å². The summed E-state index contributed by atoms with van der Waals surface area (Å²) in [5.74, 6) is 8.66. The fourth-order valence-electron chi connectivity index (χ4n) is 4.40. The number of esters is 1. The van der Waals surface area contributed by atoms with E-state index in [-0.39, 0.29) is 24.2 Å². The van der Waals surface area contributed by atoms with E-state index < -0.39 is 29.6 Å². The molecule has 2 rings (SSSR count). The fourth-order valence-corrected chi connectivity index (χ4v) is 4.40. The Kier molecular flexibility index (Phi) is 12.2. The molecule has 0 aromatic heterocycles. The Labute approximate surface area is 224 Å². The van der Waals surface area contributed by atoms with Crippen LogP contribution in [0.4, 0.5) is 13.2 Å². The predicted octanol–water partition coefficient (Wildman–Crippen LogP) is 6.69. The maximum Gasteiger partial charge on any atom is 0.432 e. The van der Waals surface area contributed by atoms with Crippen LogP contribution >= 0.6 is 0 Å². The minimum absolute atomic E-state index is 0.0549. The van der Waals surface area contributed by atoms with Crippen molar-refractivity contribution in [2.45, 2.75) is 115 Å². The molecule has 1 aliphatic heterocycles. The predicted molar refractivity (Wildman–Crippen MR) is 139 cm³/mol. The zero-order chi connectivity index (χ0) is 28.2. The number of benzene rings is 1. The molecule has 0 saturated carbocycles. The second-order valence-electron chi connectivity index (χ2n) is 9.74. The summed E-state index contributed by atoms with van der Waals surface area (Å²) in [4.78, 5) is 12.8. The highest BCUT2D eigenvalue weighted by Gasteiger charge is 2.64. The summed E-state index contributed by atoms with van der Waals surface area (Å²) in [5, 5.41) is 0. The highest BCUT2D eigenvalue weighted by Crippen LogP contribution is 2.43.